The molecule has 2 rings (SSSR count). The fraction of sp³-hybridized carbons (Fsp3) is 0.688. The monoisotopic (exact) mass is 277 g/mol. The number of pyridine rings is 1. The Balaban J connectivity index is 2.03. The largest absolute Gasteiger partial charge is 0.384 e. The van der Waals surface area contributed by atoms with E-state index in [0.717, 1.165) is 32.8 Å². The number of nitrogens with one attached hydrogen (secondary N) is 1. The minimum Gasteiger partial charge on any atom is -0.384 e. The molecular weight excluding hydrogens is 250 g/mol. The maximum absolute atomic E-state index is 5.32. The van der Waals surface area contributed by atoms with E-state index < -0.39 is 0 Å². The van der Waals surface area contributed by atoms with Crippen molar-refractivity contribution in [1.82, 2.24) is 10.3 Å². The first kappa shape index (κ1) is 15.3. The molecule has 20 heavy (non-hydrogen) atoms. The van der Waals surface area contributed by atoms with Gasteiger partial charge in [0.1, 0.15) is 0 Å². The highest BCUT2D eigenvalue weighted by Gasteiger charge is 2.21. The molecule has 4 heteroatoms. The first-order valence-electron chi connectivity index (χ1n) is 7.72. The lowest BCUT2D eigenvalue weighted by atomic mass is 9.98. The summed E-state index contributed by atoms with van der Waals surface area (Å²) in [5.41, 5.74) is 2.64. The van der Waals surface area contributed by atoms with Gasteiger partial charge in [0.05, 0.1) is 18.5 Å². The molecule has 1 saturated heterocycles. The highest BCUT2D eigenvalue weighted by molar-refractivity contribution is 5.52. The van der Waals surface area contributed by atoms with E-state index in [1.807, 2.05) is 12.4 Å². The average molecular weight is 277 g/mol. The molecule has 0 aliphatic carbocycles. The number of ether oxygens (including phenoxy) is 1. The van der Waals surface area contributed by atoms with Crippen molar-refractivity contribution in [3.8, 4) is 0 Å². The predicted molar refractivity (Wildman–Crippen MR) is 83.0 cm³/mol. The zero-order valence-electron chi connectivity index (χ0n) is 12.8. The maximum atomic E-state index is 5.32. The molecule has 0 radical (unpaired) electrons. The average Bonchev–Trinajstić information content (AvgIpc) is 2.49. The van der Waals surface area contributed by atoms with Crippen LogP contribution in [0, 0.1) is 5.92 Å². The molecule has 0 bridgehead atoms. The lowest BCUT2D eigenvalue weighted by Crippen LogP contribution is -2.38. The minimum absolute atomic E-state index is 0.644. The van der Waals surface area contributed by atoms with E-state index in [9.17, 15) is 0 Å². The molecule has 0 aromatic carbocycles. The van der Waals surface area contributed by atoms with Crippen LogP contribution in [0.2, 0.25) is 0 Å². The summed E-state index contributed by atoms with van der Waals surface area (Å²) in [4.78, 5) is 6.79. The summed E-state index contributed by atoms with van der Waals surface area (Å²) >= 11 is 0. The molecule has 0 spiro atoms. The van der Waals surface area contributed by atoms with Crippen molar-refractivity contribution in [3.05, 3.63) is 24.0 Å². The molecule has 4 nitrogen and oxygen atoms in total. The van der Waals surface area contributed by atoms with Crippen molar-refractivity contribution >= 4 is 5.69 Å². The number of rotatable bonds is 7. The van der Waals surface area contributed by atoms with E-state index in [1.54, 1.807) is 7.11 Å². The lowest BCUT2D eigenvalue weighted by Gasteiger charge is -2.35. The standard InChI is InChI=1S/C16H27N3O/c1-3-7-17-10-15-6-8-18-11-16(15)19-9-4-5-14(12-19)13-20-2/h6,8,11,14,17H,3-5,7,9-10,12-13H2,1-2H3. The molecule has 112 valence electrons. The van der Waals surface area contributed by atoms with Crippen molar-refractivity contribution < 1.29 is 4.74 Å². The van der Waals surface area contributed by atoms with Crippen LogP contribution in [0.1, 0.15) is 31.7 Å². The molecule has 1 atom stereocenters. The second-order valence-corrected chi connectivity index (χ2v) is 5.59. The third kappa shape index (κ3) is 4.18. The Hall–Kier alpha value is -1.13. The fourth-order valence-electron chi connectivity index (χ4n) is 2.90. The van der Waals surface area contributed by atoms with Crippen LogP contribution in [-0.2, 0) is 11.3 Å². The number of nitrogens with zero attached hydrogens (tertiary/aromatic N) is 2. The van der Waals surface area contributed by atoms with Gasteiger partial charge in [0.15, 0.2) is 0 Å². The van der Waals surface area contributed by atoms with Crippen molar-refractivity contribution in [2.24, 2.45) is 5.92 Å². The number of anilines is 1. The highest BCUT2D eigenvalue weighted by atomic mass is 16.5. The van der Waals surface area contributed by atoms with Crippen LogP contribution in [0.3, 0.4) is 0 Å². The van der Waals surface area contributed by atoms with Crippen molar-refractivity contribution in [2.75, 3.05) is 38.3 Å². The molecule has 0 amide bonds. The summed E-state index contributed by atoms with van der Waals surface area (Å²) in [5, 5.41) is 3.49. The Morgan fingerprint density at radius 1 is 1.50 bits per heavy atom. The van der Waals surface area contributed by atoms with E-state index in [1.165, 1.54) is 30.5 Å². The Morgan fingerprint density at radius 3 is 3.20 bits per heavy atom. The van der Waals surface area contributed by atoms with E-state index >= 15 is 0 Å². The number of aromatic nitrogens is 1. The summed E-state index contributed by atoms with van der Waals surface area (Å²) in [6.45, 7) is 7.26. The Morgan fingerprint density at radius 2 is 2.40 bits per heavy atom. The number of hydrogen-bond acceptors (Lipinski definition) is 4. The van der Waals surface area contributed by atoms with Gasteiger partial charge < -0.3 is 15.0 Å². The van der Waals surface area contributed by atoms with Gasteiger partial charge in [-0.25, -0.2) is 0 Å². The van der Waals surface area contributed by atoms with Crippen molar-refractivity contribution in [1.29, 1.82) is 0 Å². The van der Waals surface area contributed by atoms with Gasteiger partial charge in [0, 0.05) is 32.9 Å². The minimum atomic E-state index is 0.644. The third-order valence-corrected chi connectivity index (χ3v) is 3.89. The van der Waals surface area contributed by atoms with Gasteiger partial charge in [0.2, 0.25) is 0 Å². The Bertz CT molecular complexity index is 395. The van der Waals surface area contributed by atoms with Gasteiger partial charge >= 0.3 is 0 Å². The van der Waals surface area contributed by atoms with E-state index in [0.29, 0.717) is 5.92 Å². The molecule has 1 aromatic heterocycles. The molecule has 1 aromatic rings. The quantitative estimate of drug-likeness (QED) is 0.777. The summed E-state index contributed by atoms with van der Waals surface area (Å²) < 4.78 is 5.32. The van der Waals surface area contributed by atoms with Gasteiger partial charge in [-0.2, -0.15) is 0 Å². The number of methoxy groups -OCH3 is 1. The smallest absolute Gasteiger partial charge is 0.0598 e. The molecule has 1 unspecified atom stereocenters. The number of hydrogen-bond donors (Lipinski definition) is 1. The van der Waals surface area contributed by atoms with Crippen LogP contribution >= 0.6 is 0 Å². The summed E-state index contributed by atoms with van der Waals surface area (Å²) in [6.07, 6.45) is 7.58. The molecule has 1 aliphatic heterocycles. The molecule has 1 N–H and O–H groups in total. The second-order valence-electron chi connectivity index (χ2n) is 5.59. The zero-order chi connectivity index (χ0) is 14.2. The van der Waals surface area contributed by atoms with Gasteiger partial charge in [-0.05, 0) is 43.4 Å². The SMILES string of the molecule is CCCNCc1ccncc1N1CCCC(COC)C1. The molecule has 2 heterocycles. The Labute approximate surface area is 122 Å². The fourth-order valence-corrected chi connectivity index (χ4v) is 2.90. The molecule has 0 saturated carbocycles. The predicted octanol–water partition coefficient (Wildman–Crippen LogP) is 2.44. The lowest BCUT2D eigenvalue weighted by molar-refractivity contribution is 0.143. The van der Waals surface area contributed by atoms with Crippen LogP contribution in [0.4, 0.5) is 5.69 Å². The highest BCUT2D eigenvalue weighted by Crippen LogP contribution is 2.25. The van der Waals surface area contributed by atoms with Crippen LogP contribution in [0.5, 0.6) is 0 Å². The van der Waals surface area contributed by atoms with Gasteiger partial charge in [-0.15, -0.1) is 0 Å². The summed E-state index contributed by atoms with van der Waals surface area (Å²) in [7, 11) is 1.79. The zero-order valence-corrected chi connectivity index (χ0v) is 12.8. The van der Waals surface area contributed by atoms with Crippen LogP contribution in [0.25, 0.3) is 0 Å². The normalized spacial score (nSPS) is 19.3. The van der Waals surface area contributed by atoms with Crippen molar-refractivity contribution in [3.63, 3.8) is 0 Å². The first-order chi connectivity index (χ1) is 9.85. The van der Waals surface area contributed by atoms with Gasteiger partial charge in [0.25, 0.3) is 0 Å². The van der Waals surface area contributed by atoms with Crippen LogP contribution < -0.4 is 10.2 Å². The van der Waals surface area contributed by atoms with Crippen LogP contribution in [0.15, 0.2) is 18.5 Å². The molecular formula is C16H27N3O. The van der Waals surface area contributed by atoms with Crippen LogP contribution in [-0.4, -0.2) is 38.3 Å². The maximum Gasteiger partial charge on any atom is 0.0598 e. The van der Waals surface area contributed by atoms with E-state index in [-0.39, 0.29) is 0 Å². The van der Waals surface area contributed by atoms with E-state index in [4.69, 9.17) is 4.74 Å². The van der Waals surface area contributed by atoms with E-state index in [2.05, 4.69) is 28.2 Å². The van der Waals surface area contributed by atoms with Gasteiger partial charge in [-0.3, -0.25) is 4.98 Å². The van der Waals surface area contributed by atoms with Crippen molar-refractivity contribution in [2.45, 2.75) is 32.7 Å². The Kier molecular flexibility index (Phi) is 6.27. The third-order valence-electron chi connectivity index (χ3n) is 3.89. The molecule has 1 fully saturated rings. The summed E-state index contributed by atoms with van der Waals surface area (Å²) in [5.74, 6) is 0.644. The van der Waals surface area contributed by atoms with Gasteiger partial charge in [-0.1, -0.05) is 6.92 Å². The number of piperidine rings is 1. The molecule has 1 aliphatic rings. The first-order valence-corrected chi connectivity index (χ1v) is 7.72. The second kappa shape index (κ2) is 8.22. The summed E-state index contributed by atoms with van der Waals surface area (Å²) in [6, 6.07) is 2.14. The topological polar surface area (TPSA) is 37.4 Å².